The molecule has 3 aromatic rings. The van der Waals surface area contributed by atoms with Gasteiger partial charge in [-0.1, -0.05) is 19.3 Å². The molecule has 0 aliphatic heterocycles. The van der Waals surface area contributed by atoms with E-state index in [4.69, 9.17) is 4.74 Å². The number of carbonyl (C=O) groups is 3. The molecule has 1 fully saturated rings. The number of nitrogens with one attached hydrogen (secondary N) is 2. The number of esters is 1. The third kappa shape index (κ3) is 6.70. The fourth-order valence-corrected chi connectivity index (χ4v) is 4.98. The lowest BCUT2D eigenvalue weighted by atomic mass is 9.82. The van der Waals surface area contributed by atoms with Crippen molar-refractivity contribution in [3.05, 3.63) is 58.3 Å². The van der Waals surface area contributed by atoms with Gasteiger partial charge in [0.05, 0.1) is 18.0 Å². The van der Waals surface area contributed by atoms with E-state index >= 15 is 0 Å². The number of hydrogen-bond donors (Lipinski definition) is 3. The largest absolute Gasteiger partial charge is 0.481 e. The van der Waals surface area contributed by atoms with Crippen LogP contribution in [0.4, 0.5) is 11.5 Å². The van der Waals surface area contributed by atoms with Gasteiger partial charge >= 0.3 is 11.9 Å². The van der Waals surface area contributed by atoms with Gasteiger partial charge in [-0.2, -0.15) is 0 Å². The molecule has 2 heterocycles. The minimum atomic E-state index is -0.959. The van der Waals surface area contributed by atoms with E-state index in [2.05, 4.69) is 15.6 Å². The molecule has 1 saturated carbocycles. The number of imidazole rings is 1. The van der Waals surface area contributed by atoms with Crippen molar-refractivity contribution in [1.29, 1.82) is 0 Å². The quantitative estimate of drug-likeness (QED) is 0.186. The number of carbonyl (C=O) groups excluding carboxylic acids is 2. The van der Waals surface area contributed by atoms with Crippen LogP contribution in [0.15, 0.2) is 42.6 Å². The molecule has 12 nitrogen and oxygen atoms in total. The second-order valence-corrected chi connectivity index (χ2v) is 9.49. The van der Waals surface area contributed by atoms with Crippen LogP contribution in [0.2, 0.25) is 0 Å². The minimum absolute atomic E-state index is 0.0728. The Hall–Kier alpha value is -4.48. The third-order valence-corrected chi connectivity index (χ3v) is 6.88. The first-order chi connectivity index (χ1) is 18.8. The van der Waals surface area contributed by atoms with Crippen LogP contribution < -0.4 is 10.6 Å². The summed E-state index contributed by atoms with van der Waals surface area (Å²) < 4.78 is 6.67. The van der Waals surface area contributed by atoms with E-state index in [-0.39, 0.29) is 31.2 Å². The van der Waals surface area contributed by atoms with E-state index in [0.29, 0.717) is 28.3 Å². The van der Waals surface area contributed by atoms with Gasteiger partial charge in [0.15, 0.2) is 0 Å². The summed E-state index contributed by atoms with van der Waals surface area (Å²) in [7, 11) is 0. The molecule has 3 N–H and O–H groups in total. The Kier molecular flexibility index (Phi) is 8.74. The van der Waals surface area contributed by atoms with Crippen molar-refractivity contribution in [1.82, 2.24) is 14.7 Å². The smallest absolute Gasteiger partial charge is 0.325 e. The predicted molar refractivity (Wildman–Crippen MR) is 142 cm³/mol. The summed E-state index contributed by atoms with van der Waals surface area (Å²) in [6, 6.07) is 8.55. The molecule has 206 valence electrons. The fourth-order valence-electron chi connectivity index (χ4n) is 4.98. The highest BCUT2D eigenvalue weighted by atomic mass is 16.6. The number of nitro benzene ring substituents is 1. The number of pyridine rings is 1. The first-order valence-electron chi connectivity index (χ1n) is 13.0. The van der Waals surface area contributed by atoms with Gasteiger partial charge in [-0.05, 0) is 49.9 Å². The fraction of sp³-hybridized carbons (Fsp3) is 0.407. The predicted octanol–water partition coefficient (Wildman–Crippen LogP) is 4.04. The van der Waals surface area contributed by atoms with Gasteiger partial charge in [0.25, 0.3) is 11.6 Å². The number of benzene rings is 1. The van der Waals surface area contributed by atoms with Crippen molar-refractivity contribution in [2.75, 3.05) is 18.5 Å². The number of fused-ring (bicyclic) bond motifs is 1. The van der Waals surface area contributed by atoms with Crippen molar-refractivity contribution in [3.63, 3.8) is 0 Å². The van der Waals surface area contributed by atoms with Crippen molar-refractivity contribution in [3.8, 4) is 11.3 Å². The molecular weight excluding hydrogens is 506 g/mol. The van der Waals surface area contributed by atoms with Gasteiger partial charge in [0.1, 0.15) is 23.7 Å². The van der Waals surface area contributed by atoms with Crippen LogP contribution in [0.1, 0.15) is 55.8 Å². The lowest BCUT2D eigenvalue weighted by molar-refractivity contribution is -0.384. The Balaban J connectivity index is 1.65. The highest BCUT2D eigenvalue weighted by Gasteiger charge is 2.28. The summed E-state index contributed by atoms with van der Waals surface area (Å²) in [5, 5.41) is 26.4. The zero-order valence-electron chi connectivity index (χ0n) is 21.6. The lowest BCUT2D eigenvalue weighted by Gasteiger charge is -2.30. The summed E-state index contributed by atoms with van der Waals surface area (Å²) in [4.78, 5) is 51.9. The monoisotopic (exact) mass is 537 g/mol. The first-order valence-corrected chi connectivity index (χ1v) is 13.0. The summed E-state index contributed by atoms with van der Waals surface area (Å²) >= 11 is 0. The number of carboxylic acid groups (broad SMARTS) is 1. The molecule has 0 bridgehead atoms. The molecule has 39 heavy (non-hydrogen) atoms. The van der Waals surface area contributed by atoms with Crippen molar-refractivity contribution in [2.45, 2.75) is 51.5 Å². The summed E-state index contributed by atoms with van der Waals surface area (Å²) in [6.07, 6.45) is 6.40. The Morgan fingerprint density at radius 1 is 1.18 bits per heavy atom. The number of anilines is 1. The van der Waals surface area contributed by atoms with Gasteiger partial charge in [-0.3, -0.25) is 28.9 Å². The normalized spacial score (nSPS) is 14.5. The van der Waals surface area contributed by atoms with E-state index in [1.165, 1.54) is 12.1 Å². The maximum Gasteiger partial charge on any atom is 0.325 e. The van der Waals surface area contributed by atoms with Gasteiger partial charge in [0.2, 0.25) is 0 Å². The van der Waals surface area contributed by atoms with Crippen LogP contribution in [0.5, 0.6) is 0 Å². The number of nitrogens with zero attached hydrogens (tertiary/aromatic N) is 3. The molecular formula is C27H31N5O7. The minimum Gasteiger partial charge on any atom is -0.481 e. The Labute approximate surface area is 224 Å². The second kappa shape index (κ2) is 12.4. The number of amides is 1. The zero-order chi connectivity index (χ0) is 27.9. The van der Waals surface area contributed by atoms with E-state index in [0.717, 1.165) is 32.1 Å². The number of aromatic nitrogens is 2. The Bertz CT molecular complexity index is 1360. The number of nitro groups is 1. The van der Waals surface area contributed by atoms with Crippen molar-refractivity contribution in [2.24, 2.45) is 5.92 Å². The molecule has 1 unspecified atom stereocenters. The highest BCUT2D eigenvalue weighted by Crippen LogP contribution is 2.31. The van der Waals surface area contributed by atoms with Crippen molar-refractivity contribution < 1.29 is 29.2 Å². The molecule has 4 rings (SSSR count). The number of carboxylic acids is 1. The van der Waals surface area contributed by atoms with Crippen LogP contribution in [-0.4, -0.2) is 56.5 Å². The van der Waals surface area contributed by atoms with E-state index in [1.807, 2.05) is 0 Å². The standard InChI is InChI=1S/C27H31N5O7/c1-2-39-24(35)16-28-26-25(18-8-10-20(11-9-18)32(37)38)30-22-14-19(12-13-31(22)26)27(36)29-21(15-23(33)34)17-6-4-3-5-7-17/h8-14,17,21,28H,2-7,15-16H2,1H3,(H,29,36)(H,33,34). The van der Waals surface area contributed by atoms with Gasteiger partial charge in [-0.15, -0.1) is 0 Å². The maximum atomic E-state index is 13.2. The lowest BCUT2D eigenvalue weighted by Crippen LogP contribution is -2.42. The topological polar surface area (TPSA) is 165 Å². The molecule has 1 amide bonds. The first kappa shape index (κ1) is 27.6. The number of hydrogen-bond acceptors (Lipinski definition) is 8. The molecule has 1 aliphatic carbocycles. The number of non-ortho nitro benzene ring substituents is 1. The third-order valence-electron chi connectivity index (χ3n) is 6.88. The number of aliphatic carboxylic acids is 1. The van der Waals surface area contributed by atoms with E-state index < -0.39 is 28.8 Å². The van der Waals surface area contributed by atoms with Crippen LogP contribution in [0, 0.1) is 16.0 Å². The molecule has 1 atom stereocenters. The summed E-state index contributed by atoms with van der Waals surface area (Å²) in [5.41, 5.74) is 1.63. The number of rotatable bonds is 11. The summed E-state index contributed by atoms with van der Waals surface area (Å²) in [5.74, 6) is -1.26. The van der Waals surface area contributed by atoms with Crippen LogP contribution in [0.25, 0.3) is 16.9 Å². The molecule has 0 radical (unpaired) electrons. The molecule has 1 aliphatic rings. The maximum absolute atomic E-state index is 13.2. The average molecular weight is 538 g/mol. The molecule has 1 aromatic carbocycles. The zero-order valence-corrected chi connectivity index (χ0v) is 21.6. The SMILES string of the molecule is CCOC(=O)CNc1c(-c2ccc([N+](=O)[O-])cc2)nc2cc(C(=O)NC(CC(=O)O)C3CCCCC3)ccn12. The molecule has 0 spiro atoms. The average Bonchev–Trinajstić information content (AvgIpc) is 3.29. The number of ether oxygens (including phenoxy) is 1. The Morgan fingerprint density at radius 2 is 1.90 bits per heavy atom. The van der Waals surface area contributed by atoms with Crippen molar-refractivity contribution >= 4 is 35.0 Å². The van der Waals surface area contributed by atoms with Gasteiger partial charge in [0, 0.05) is 35.5 Å². The van der Waals surface area contributed by atoms with Crippen LogP contribution in [-0.2, 0) is 14.3 Å². The summed E-state index contributed by atoms with van der Waals surface area (Å²) in [6.45, 7) is 1.80. The van der Waals surface area contributed by atoms with Gasteiger partial charge < -0.3 is 20.5 Å². The molecule has 2 aromatic heterocycles. The van der Waals surface area contributed by atoms with E-state index in [9.17, 15) is 29.6 Å². The second-order valence-electron chi connectivity index (χ2n) is 9.49. The molecule has 12 heteroatoms. The Morgan fingerprint density at radius 3 is 2.54 bits per heavy atom. The van der Waals surface area contributed by atoms with Gasteiger partial charge in [-0.25, -0.2) is 4.98 Å². The molecule has 0 saturated heterocycles. The van der Waals surface area contributed by atoms with E-state index in [1.54, 1.807) is 41.8 Å². The van der Waals surface area contributed by atoms with Crippen LogP contribution >= 0.6 is 0 Å². The highest BCUT2D eigenvalue weighted by molar-refractivity contribution is 5.96. The van der Waals surface area contributed by atoms with Crippen LogP contribution in [0.3, 0.4) is 0 Å².